The van der Waals surface area contributed by atoms with E-state index >= 15 is 0 Å². The summed E-state index contributed by atoms with van der Waals surface area (Å²) in [5.74, 6) is 0.0911. The lowest BCUT2D eigenvalue weighted by Gasteiger charge is -2.02. The minimum absolute atomic E-state index is 0.0911. The first-order valence-corrected chi connectivity index (χ1v) is 3.83. The third-order valence-electron chi connectivity index (χ3n) is 2.03. The van der Waals surface area contributed by atoms with Gasteiger partial charge < -0.3 is 5.73 Å². The summed E-state index contributed by atoms with van der Waals surface area (Å²) >= 11 is 0. The van der Waals surface area contributed by atoms with Crippen LogP contribution in [0.25, 0.3) is 0 Å². The van der Waals surface area contributed by atoms with Crippen molar-refractivity contribution >= 4 is 12.1 Å². The molecule has 1 fully saturated rings. The molecule has 3 nitrogen and oxygen atoms in total. The highest BCUT2D eigenvalue weighted by molar-refractivity contribution is 5.84. The summed E-state index contributed by atoms with van der Waals surface area (Å²) in [6.45, 7) is 0.383. The molecule has 0 aliphatic heterocycles. The van der Waals surface area contributed by atoms with Gasteiger partial charge in [0.2, 0.25) is 6.29 Å². The fraction of sp³-hybridized carbons (Fsp3) is 0.750. The Morgan fingerprint density at radius 3 is 2.55 bits per heavy atom. The van der Waals surface area contributed by atoms with E-state index in [4.69, 9.17) is 5.73 Å². The Kier molecular flexibility index (Phi) is 2.39. The highest BCUT2D eigenvalue weighted by atomic mass is 16.1. The molecule has 0 aromatic carbocycles. The Hall–Kier alpha value is -0.700. The molecule has 1 aliphatic rings. The molecule has 61 valence electrons. The van der Waals surface area contributed by atoms with Crippen LogP contribution < -0.4 is 5.73 Å². The molecule has 1 aliphatic carbocycles. The quantitative estimate of drug-likeness (QED) is 0.614. The van der Waals surface area contributed by atoms with Crippen LogP contribution in [-0.2, 0) is 9.59 Å². The summed E-state index contributed by atoms with van der Waals surface area (Å²) in [6, 6.07) is 0. The highest BCUT2D eigenvalue weighted by Crippen LogP contribution is 2.46. The summed E-state index contributed by atoms with van der Waals surface area (Å²) in [5, 5.41) is 0. The van der Waals surface area contributed by atoms with Crippen molar-refractivity contribution in [2.75, 3.05) is 6.54 Å². The molecule has 11 heavy (non-hydrogen) atoms. The van der Waals surface area contributed by atoms with Crippen LogP contribution in [-0.4, -0.2) is 18.6 Å². The minimum atomic E-state index is -0.397. The fourth-order valence-electron chi connectivity index (χ4n) is 1.09. The highest BCUT2D eigenvalue weighted by Gasteiger charge is 2.44. The molecule has 3 heteroatoms. The van der Waals surface area contributed by atoms with Gasteiger partial charge in [0.05, 0.1) is 0 Å². The summed E-state index contributed by atoms with van der Waals surface area (Å²) < 4.78 is 0. The maximum absolute atomic E-state index is 11.0. The van der Waals surface area contributed by atoms with E-state index in [9.17, 15) is 9.59 Å². The monoisotopic (exact) mass is 154 g/mol. The van der Waals surface area contributed by atoms with E-state index in [1.165, 1.54) is 0 Å². The largest absolute Gasteiger partial charge is 0.330 e. The van der Waals surface area contributed by atoms with Crippen molar-refractivity contribution in [2.45, 2.75) is 25.7 Å². The van der Waals surface area contributed by atoms with Gasteiger partial charge in [0, 0.05) is 18.3 Å². The number of carbonyl (C=O) groups excluding carboxylic acids is 2. The summed E-state index contributed by atoms with van der Waals surface area (Å²) in [4.78, 5) is 21.3. The van der Waals surface area contributed by atoms with Crippen molar-refractivity contribution < 1.29 is 9.59 Å². The van der Waals surface area contributed by atoms with Gasteiger partial charge in [0.1, 0.15) is 5.78 Å². The lowest BCUT2D eigenvalue weighted by molar-refractivity contribution is -0.119. The van der Waals surface area contributed by atoms with Crippen LogP contribution in [0.3, 0.4) is 0 Å². The molecule has 0 atom stereocenters. The molecule has 0 unspecified atom stereocenters. The van der Waals surface area contributed by atoms with Crippen molar-refractivity contribution in [1.82, 2.24) is 0 Å². The zero-order valence-electron chi connectivity index (χ0n) is 6.43. The zero-order valence-corrected chi connectivity index (χ0v) is 6.43. The van der Waals surface area contributed by atoms with Crippen LogP contribution in [0, 0.1) is 5.41 Å². The van der Waals surface area contributed by atoms with Crippen molar-refractivity contribution in [1.29, 1.82) is 0 Å². The SMILES string of the molecule is NCCC(=O)CC1([C]=O)CC1. The molecule has 0 heterocycles. The van der Waals surface area contributed by atoms with Gasteiger partial charge in [-0.25, -0.2) is 0 Å². The maximum atomic E-state index is 11.0. The van der Waals surface area contributed by atoms with Crippen molar-refractivity contribution in [3.63, 3.8) is 0 Å². The Morgan fingerprint density at radius 2 is 2.18 bits per heavy atom. The first-order valence-electron chi connectivity index (χ1n) is 3.83. The third-order valence-corrected chi connectivity index (χ3v) is 2.03. The summed E-state index contributed by atoms with van der Waals surface area (Å²) in [6.07, 6.45) is 4.33. The van der Waals surface area contributed by atoms with Gasteiger partial charge in [-0.15, -0.1) is 0 Å². The lowest BCUT2D eigenvalue weighted by Crippen LogP contribution is -2.14. The van der Waals surface area contributed by atoms with Crippen molar-refractivity contribution in [3.8, 4) is 0 Å². The Morgan fingerprint density at radius 1 is 1.55 bits per heavy atom. The average molecular weight is 154 g/mol. The molecule has 0 bridgehead atoms. The fourth-order valence-corrected chi connectivity index (χ4v) is 1.09. The normalized spacial score (nSPS) is 19.4. The Bertz CT molecular complexity index is 173. The topological polar surface area (TPSA) is 60.2 Å². The lowest BCUT2D eigenvalue weighted by atomic mass is 10.00. The molecular weight excluding hydrogens is 142 g/mol. The Balaban J connectivity index is 2.30. The van der Waals surface area contributed by atoms with Gasteiger partial charge in [0.15, 0.2) is 0 Å². The zero-order chi connectivity index (χ0) is 8.32. The van der Waals surface area contributed by atoms with E-state index < -0.39 is 5.41 Å². The molecule has 0 spiro atoms. The number of Topliss-reactive ketones (excluding diaryl/α,β-unsaturated/α-hetero) is 1. The van der Waals surface area contributed by atoms with E-state index in [1.807, 2.05) is 6.29 Å². The van der Waals surface area contributed by atoms with Gasteiger partial charge in [-0.3, -0.25) is 9.59 Å². The van der Waals surface area contributed by atoms with Crippen molar-refractivity contribution in [2.24, 2.45) is 11.1 Å². The van der Waals surface area contributed by atoms with Crippen molar-refractivity contribution in [3.05, 3.63) is 0 Å². The van der Waals surface area contributed by atoms with Crippen LogP contribution in [0.5, 0.6) is 0 Å². The second-order valence-electron chi connectivity index (χ2n) is 3.14. The molecule has 2 N–H and O–H groups in total. The molecular formula is C8H12NO2. The predicted octanol–water partition coefficient (Wildman–Crippen LogP) is 0.184. The number of ketones is 1. The standard InChI is InChI=1S/C8H12NO2/c9-4-1-7(11)5-8(6-10)2-3-8/h1-5,9H2. The summed E-state index contributed by atoms with van der Waals surface area (Å²) in [7, 11) is 0. The van der Waals surface area contributed by atoms with Gasteiger partial charge >= 0.3 is 0 Å². The number of hydrogen-bond donors (Lipinski definition) is 1. The smallest absolute Gasteiger partial charge is 0.205 e. The minimum Gasteiger partial charge on any atom is -0.330 e. The second kappa shape index (κ2) is 3.13. The molecule has 0 amide bonds. The molecule has 0 saturated heterocycles. The van der Waals surface area contributed by atoms with Crippen LogP contribution in [0.1, 0.15) is 25.7 Å². The Labute approximate surface area is 66.0 Å². The first kappa shape index (κ1) is 8.40. The average Bonchev–Trinajstić information content (AvgIpc) is 2.70. The first-order chi connectivity index (χ1) is 5.22. The summed E-state index contributed by atoms with van der Waals surface area (Å²) in [5.41, 5.74) is 4.79. The van der Waals surface area contributed by atoms with Crippen LogP contribution >= 0.6 is 0 Å². The number of nitrogens with two attached hydrogens (primary N) is 1. The maximum Gasteiger partial charge on any atom is 0.205 e. The number of rotatable bonds is 5. The molecule has 1 radical (unpaired) electrons. The van der Waals surface area contributed by atoms with Gasteiger partial charge in [-0.05, 0) is 19.4 Å². The van der Waals surface area contributed by atoms with Crippen LogP contribution in [0.4, 0.5) is 0 Å². The molecule has 0 aromatic rings. The van der Waals surface area contributed by atoms with E-state index in [2.05, 4.69) is 0 Å². The van der Waals surface area contributed by atoms with E-state index in [1.54, 1.807) is 0 Å². The van der Waals surface area contributed by atoms with Gasteiger partial charge in [-0.1, -0.05) is 0 Å². The molecule has 1 rings (SSSR count). The van der Waals surface area contributed by atoms with Crippen LogP contribution in [0.2, 0.25) is 0 Å². The predicted molar refractivity (Wildman–Crippen MR) is 40.7 cm³/mol. The number of carbonyl (C=O) groups is 1. The third kappa shape index (κ3) is 2.12. The molecule has 0 aromatic heterocycles. The van der Waals surface area contributed by atoms with Gasteiger partial charge in [-0.2, -0.15) is 0 Å². The number of hydrogen-bond acceptors (Lipinski definition) is 3. The second-order valence-corrected chi connectivity index (χ2v) is 3.14. The van der Waals surface area contributed by atoms with Gasteiger partial charge in [0.25, 0.3) is 0 Å². The van der Waals surface area contributed by atoms with E-state index in [0.717, 1.165) is 12.8 Å². The molecule has 1 saturated carbocycles. The van der Waals surface area contributed by atoms with E-state index in [0.29, 0.717) is 19.4 Å². The van der Waals surface area contributed by atoms with E-state index in [-0.39, 0.29) is 5.78 Å². The van der Waals surface area contributed by atoms with Crippen LogP contribution in [0.15, 0.2) is 0 Å².